The maximum absolute atomic E-state index is 10.9. The van der Waals surface area contributed by atoms with Gasteiger partial charge >= 0.3 is 5.97 Å². The number of hydrogen-bond acceptors (Lipinski definition) is 4. The molecule has 0 unspecified atom stereocenters. The zero-order chi connectivity index (χ0) is 9.68. The summed E-state index contributed by atoms with van der Waals surface area (Å²) in [6.45, 7) is 2.13. The molecule has 70 valence electrons. The van der Waals surface area contributed by atoms with Gasteiger partial charge in [0.1, 0.15) is 6.54 Å². The van der Waals surface area contributed by atoms with E-state index in [4.69, 9.17) is 4.74 Å². The van der Waals surface area contributed by atoms with E-state index in [0.29, 0.717) is 18.5 Å². The lowest BCUT2D eigenvalue weighted by molar-refractivity contribution is -0.144. The minimum atomic E-state index is -0.358. The maximum Gasteiger partial charge on any atom is 0.327 e. The summed E-state index contributed by atoms with van der Waals surface area (Å²) >= 11 is 0. The van der Waals surface area contributed by atoms with Gasteiger partial charge in [-0.1, -0.05) is 0 Å². The Kier molecular flexibility index (Phi) is 3.19. The summed E-state index contributed by atoms with van der Waals surface area (Å²) in [5.41, 5.74) is 0.448. The number of nitrogens with zero attached hydrogens (tertiary/aromatic N) is 2. The monoisotopic (exact) mass is 182 g/mol. The average molecular weight is 182 g/mol. The van der Waals surface area contributed by atoms with Crippen LogP contribution < -0.4 is 0 Å². The van der Waals surface area contributed by atoms with Gasteiger partial charge in [0.05, 0.1) is 18.4 Å². The molecule has 0 N–H and O–H groups in total. The maximum atomic E-state index is 10.9. The third-order valence-electron chi connectivity index (χ3n) is 1.39. The van der Waals surface area contributed by atoms with Crippen molar-refractivity contribution < 1.29 is 14.3 Å². The molecule has 1 heterocycles. The fraction of sp³-hybridized carbons (Fsp3) is 0.375. The second-order valence-electron chi connectivity index (χ2n) is 2.39. The Morgan fingerprint density at radius 3 is 3.08 bits per heavy atom. The molecule has 0 amide bonds. The van der Waals surface area contributed by atoms with E-state index in [0.717, 1.165) is 0 Å². The van der Waals surface area contributed by atoms with Gasteiger partial charge in [-0.2, -0.15) is 5.10 Å². The smallest absolute Gasteiger partial charge is 0.327 e. The van der Waals surface area contributed by atoms with Gasteiger partial charge < -0.3 is 4.74 Å². The van der Waals surface area contributed by atoms with E-state index in [-0.39, 0.29) is 12.5 Å². The normalized spacial score (nSPS) is 9.62. The van der Waals surface area contributed by atoms with E-state index in [1.54, 1.807) is 6.92 Å². The molecule has 1 aromatic heterocycles. The van der Waals surface area contributed by atoms with Crippen molar-refractivity contribution in [3.8, 4) is 0 Å². The minimum Gasteiger partial charge on any atom is -0.465 e. The van der Waals surface area contributed by atoms with Crippen molar-refractivity contribution in [2.45, 2.75) is 13.5 Å². The molecule has 0 aliphatic heterocycles. The van der Waals surface area contributed by atoms with Crippen LogP contribution in [-0.4, -0.2) is 28.6 Å². The highest BCUT2D eigenvalue weighted by atomic mass is 16.5. The molecule has 0 saturated heterocycles. The van der Waals surface area contributed by atoms with Crippen LogP contribution in [0, 0.1) is 0 Å². The van der Waals surface area contributed by atoms with Crippen LogP contribution in [0.2, 0.25) is 0 Å². The first-order chi connectivity index (χ1) is 6.26. The first-order valence-electron chi connectivity index (χ1n) is 3.89. The zero-order valence-electron chi connectivity index (χ0n) is 7.27. The standard InChI is InChI=1S/C8H10N2O3/c1-2-13-8(12)5-10-4-7(6-11)3-9-10/h3-4,6H,2,5H2,1H3. The van der Waals surface area contributed by atoms with Gasteiger partial charge in [0.2, 0.25) is 0 Å². The van der Waals surface area contributed by atoms with Crippen molar-refractivity contribution in [3.05, 3.63) is 18.0 Å². The number of rotatable bonds is 4. The van der Waals surface area contributed by atoms with Gasteiger partial charge in [0, 0.05) is 6.20 Å². The number of aldehydes is 1. The summed E-state index contributed by atoms with van der Waals surface area (Å²) in [5, 5.41) is 3.79. The Morgan fingerprint density at radius 2 is 2.54 bits per heavy atom. The summed E-state index contributed by atoms with van der Waals surface area (Å²) in [5.74, 6) is -0.358. The van der Waals surface area contributed by atoms with E-state index in [1.165, 1.54) is 17.1 Å². The van der Waals surface area contributed by atoms with E-state index in [2.05, 4.69) is 5.10 Å². The molecule has 0 fully saturated rings. The summed E-state index contributed by atoms with van der Waals surface area (Å²) in [7, 11) is 0. The second kappa shape index (κ2) is 4.39. The SMILES string of the molecule is CCOC(=O)Cn1cc(C=O)cn1. The van der Waals surface area contributed by atoms with Crippen molar-refractivity contribution in [2.75, 3.05) is 6.61 Å². The molecule has 0 saturated carbocycles. The highest BCUT2D eigenvalue weighted by molar-refractivity contribution is 5.74. The predicted octanol–water partition coefficient (Wildman–Crippen LogP) is 0.259. The molecular weight excluding hydrogens is 172 g/mol. The van der Waals surface area contributed by atoms with Crippen LogP contribution >= 0.6 is 0 Å². The van der Waals surface area contributed by atoms with Gasteiger partial charge in [-0.05, 0) is 6.92 Å². The van der Waals surface area contributed by atoms with E-state index in [9.17, 15) is 9.59 Å². The molecule has 0 spiro atoms. The van der Waals surface area contributed by atoms with Crippen LogP contribution in [0.15, 0.2) is 12.4 Å². The molecule has 5 nitrogen and oxygen atoms in total. The lowest BCUT2D eigenvalue weighted by Crippen LogP contribution is -2.13. The molecule has 0 radical (unpaired) electrons. The van der Waals surface area contributed by atoms with Crippen molar-refractivity contribution in [3.63, 3.8) is 0 Å². The average Bonchev–Trinajstić information content (AvgIpc) is 2.52. The number of carbonyl (C=O) groups excluding carboxylic acids is 2. The van der Waals surface area contributed by atoms with Crippen LogP contribution in [0.5, 0.6) is 0 Å². The Hall–Kier alpha value is -1.65. The summed E-state index contributed by atoms with van der Waals surface area (Å²) in [6.07, 6.45) is 3.56. The summed E-state index contributed by atoms with van der Waals surface area (Å²) in [6, 6.07) is 0. The Bertz CT molecular complexity index is 306. The van der Waals surface area contributed by atoms with Crippen LogP contribution in [0.3, 0.4) is 0 Å². The molecule has 0 bridgehead atoms. The first kappa shape index (κ1) is 9.44. The predicted molar refractivity (Wildman–Crippen MR) is 44.2 cm³/mol. The molecule has 5 heteroatoms. The molecule has 0 aliphatic rings. The highest BCUT2D eigenvalue weighted by Gasteiger charge is 2.04. The fourth-order valence-electron chi connectivity index (χ4n) is 0.866. The fourth-order valence-corrected chi connectivity index (χ4v) is 0.866. The number of carbonyl (C=O) groups is 2. The van der Waals surface area contributed by atoms with E-state index >= 15 is 0 Å². The number of aromatic nitrogens is 2. The molecule has 0 atom stereocenters. The summed E-state index contributed by atoms with van der Waals surface area (Å²) < 4.78 is 6.06. The van der Waals surface area contributed by atoms with E-state index in [1.807, 2.05) is 0 Å². The molecule has 0 aromatic carbocycles. The van der Waals surface area contributed by atoms with Crippen LogP contribution in [-0.2, 0) is 16.1 Å². The Morgan fingerprint density at radius 1 is 1.77 bits per heavy atom. The summed E-state index contributed by atoms with van der Waals surface area (Å²) in [4.78, 5) is 21.2. The van der Waals surface area contributed by atoms with Crippen molar-refractivity contribution in [1.82, 2.24) is 9.78 Å². The Balaban J connectivity index is 2.53. The largest absolute Gasteiger partial charge is 0.465 e. The van der Waals surface area contributed by atoms with Crippen LogP contribution in [0.1, 0.15) is 17.3 Å². The quantitative estimate of drug-likeness (QED) is 0.495. The van der Waals surface area contributed by atoms with Gasteiger partial charge in [0.15, 0.2) is 6.29 Å². The van der Waals surface area contributed by atoms with Gasteiger partial charge in [0.25, 0.3) is 0 Å². The number of esters is 1. The Labute approximate surface area is 75.3 Å². The second-order valence-corrected chi connectivity index (χ2v) is 2.39. The first-order valence-corrected chi connectivity index (χ1v) is 3.89. The van der Waals surface area contributed by atoms with Crippen molar-refractivity contribution >= 4 is 12.3 Å². The molecule has 1 aromatic rings. The number of ether oxygens (including phenoxy) is 1. The molecule has 13 heavy (non-hydrogen) atoms. The van der Waals surface area contributed by atoms with Gasteiger partial charge in [-0.15, -0.1) is 0 Å². The topological polar surface area (TPSA) is 61.2 Å². The molecule has 0 aliphatic carbocycles. The third kappa shape index (κ3) is 2.70. The van der Waals surface area contributed by atoms with Gasteiger partial charge in [-0.3, -0.25) is 14.3 Å². The minimum absolute atomic E-state index is 0.0433. The van der Waals surface area contributed by atoms with Gasteiger partial charge in [-0.25, -0.2) is 0 Å². The molecular formula is C8H10N2O3. The van der Waals surface area contributed by atoms with Crippen LogP contribution in [0.25, 0.3) is 0 Å². The van der Waals surface area contributed by atoms with E-state index < -0.39 is 0 Å². The highest BCUT2D eigenvalue weighted by Crippen LogP contribution is 1.93. The third-order valence-corrected chi connectivity index (χ3v) is 1.39. The lowest BCUT2D eigenvalue weighted by atomic mass is 10.4. The number of hydrogen-bond donors (Lipinski definition) is 0. The van der Waals surface area contributed by atoms with Crippen molar-refractivity contribution in [1.29, 1.82) is 0 Å². The molecule has 1 rings (SSSR count). The van der Waals surface area contributed by atoms with Crippen LogP contribution in [0.4, 0.5) is 0 Å². The zero-order valence-corrected chi connectivity index (χ0v) is 7.27. The van der Waals surface area contributed by atoms with Crippen molar-refractivity contribution in [2.24, 2.45) is 0 Å². The lowest BCUT2D eigenvalue weighted by Gasteiger charge is -2.00.